The van der Waals surface area contributed by atoms with E-state index in [1.54, 1.807) is 0 Å². The summed E-state index contributed by atoms with van der Waals surface area (Å²) in [5, 5.41) is 0. The Balaban J connectivity index is 3.81. The lowest BCUT2D eigenvalue weighted by Crippen LogP contribution is -2.42. The third-order valence-electron chi connectivity index (χ3n) is 1.77. The fourth-order valence-electron chi connectivity index (χ4n) is 0.929. The molecular weight excluding hydrogens is 140 g/mol. The lowest BCUT2D eigenvalue weighted by Gasteiger charge is -2.13. The monoisotopic (exact) mass is 158 g/mol. The van der Waals surface area contributed by atoms with Gasteiger partial charge in [0.25, 0.3) is 0 Å². The number of hydrogen-bond acceptors (Lipinski definition) is 3. The van der Waals surface area contributed by atoms with Crippen LogP contribution >= 0.6 is 0 Å². The first-order valence-corrected chi connectivity index (χ1v) is 4.18. The van der Waals surface area contributed by atoms with Gasteiger partial charge in [0.15, 0.2) is 5.78 Å². The summed E-state index contributed by atoms with van der Waals surface area (Å²) in [6.07, 6.45) is 2.35. The number of ketones is 1. The molecule has 0 fully saturated rings. The highest BCUT2D eigenvalue weighted by Crippen LogP contribution is 1.99. The molecule has 11 heavy (non-hydrogen) atoms. The molecule has 3 heteroatoms. The Morgan fingerprint density at radius 2 is 1.82 bits per heavy atom. The average Bonchev–Trinajstić information content (AvgIpc) is 2.02. The van der Waals surface area contributed by atoms with E-state index >= 15 is 0 Å². The van der Waals surface area contributed by atoms with Gasteiger partial charge < -0.3 is 11.5 Å². The molecule has 0 amide bonds. The Kier molecular flexibility index (Phi) is 5.07. The molecule has 0 spiro atoms. The van der Waals surface area contributed by atoms with Crippen molar-refractivity contribution in [2.75, 3.05) is 0 Å². The van der Waals surface area contributed by atoms with Crippen molar-refractivity contribution >= 4 is 5.78 Å². The molecule has 0 saturated heterocycles. The van der Waals surface area contributed by atoms with E-state index in [4.69, 9.17) is 11.5 Å². The zero-order valence-corrected chi connectivity index (χ0v) is 7.34. The van der Waals surface area contributed by atoms with Crippen LogP contribution in [-0.4, -0.2) is 17.9 Å². The zero-order valence-electron chi connectivity index (χ0n) is 7.34. The van der Waals surface area contributed by atoms with E-state index in [1.165, 1.54) is 0 Å². The Hall–Kier alpha value is -0.410. The van der Waals surface area contributed by atoms with Crippen LogP contribution in [0.15, 0.2) is 0 Å². The minimum absolute atomic E-state index is 0.00523. The molecule has 0 aromatic heterocycles. The molecule has 66 valence electrons. The number of carbonyl (C=O) groups excluding carboxylic acids is 1. The zero-order chi connectivity index (χ0) is 8.85. The summed E-state index contributed by atoms with van der Waals surface area (Å²) in [4.78, 5) is 11.2. The molecule has 0 aromatic carbocycles. The standard InChI is InChI=1S/C8H18N2O/c1-3-5-7(10)8(11)6(9)4-2/h6-7H,3-5,9-10H2,1-2H3. The van der Waals surface area contributed by atoms with Crippen molar-refractivity contribution in [3.05, 3.63) is 0 Å². The summed E-state index contributed by atoms with van der Waals surface area (Å²) in [6, 6.07) is -0.716. The van der Waals surface area contributed by atoms with Crippen molar-refractivity contribution in [2.24, 2.45) is 11.5 Å². The molecule has 0 bridgehead atoms. The first-order chi connectivity index (χ1) is 5.13. The molecule has 2 atom stereocenters. The van der Waals surface area contributed by atoms with Gasteiger partial charge in [0.05, 0.1) is 12.1 Å². The summed E-state index contributed by atoms with van der Waals surface area (Å²) in [7, 11) is 0. The second-order valence-electron chi connectivity index (χ2n) is 2.81. The third kappa shape index (κ3) is 3.49. The number of carbonyl (C=O) groups is 1. The number of Topliss-reactive ketones (excluding diaryl/α,β-unsaturated/α-hetero) is 1. The van der Waals surface area contributed by atoms with Crippen LogP contribution in [0.25, 0.3) is 0 Å². The van der Waals surface area contributed by atoms with Crippen LogP contribution in [0.3, 0.4) is 0 Å². The fourth-order valence-corrected chi connectivity index (χ4v) is 0.929. The fraction of sp³-hybridized carbons (Fsp3) is 0.875. The molecule has 0 aliphatic heterocycles. The molecule has 0 saturated carbocycles. The van der Waals surface area contributed by atoms with Gasteiger partial charge >= 0.3 is 0 Å². The Labute approximate surface area is 68.1 Å². The minimum atomic E-state index is -0.364. The quantitative estimate of drug-likeness (QED) is 0.609. The van der Waals surface area contributed by atoms with Gasteiger partial charge in [0.1, 0.15) is 0 Å². The van der Waals surface area contributed by atoms with Crippen molar-refractivity contribution in [3.8, 4) is 0 Å². The molecule has 0 aromatic rings. The highest BCUT2D eigenvalue weighted by Gasteiger charge is 2.17. The second-order valence-corrected chi connectivity index (χ2v) is 2.81. The van der Waals surface area contributed by atoms with Gasteiger partial charge in [-0.2, -0.15) is 0 Å². The first kappa shape index (κ1) is 10.6. The van der Waals surface area contributed by atoms with Crippen molar-refractivity contribution < 1.29 is 4.79 Å². The van der Waals surface area contributed by atoms with E-state index in [0.29, 0.717) is 6.42 Å². The van der Waals surface area contributed by atoms with Gasteiger partial charge in [-0.1, -0.05) is 20.3 Å². The minimum Gasteiger partial charge on any atom is -0.321 e. The summed E-state index contributed by atoms with van der Waals surface area (Å²) in [5.41, 5.74) is 11.1. The molecule has 0 radical (unpaired) electrons. The molecule has 3 nitrogen and oxygen atoms in total. The van der Waals surface area contributed by atoms with E-state index < -0.39 is 0 Å². The van der Waals surface area contributed by atoms with E-state index in [2.05, 4.69) is 0 Å². The third-order valence-corrected chi connectivity index (χ3v) is 1.77. The maximum Gasteiger partial charge on any atom is 0.166 e. The van der Waals surface area contributed by atoms with Crippen molar-refractivity contribution in [3.63, 3.8) is 0 Å². The predicted octanol–water partition coefficient (Wildman–Crippen LogP) is 0.420. The Morgan fingerprint density at radius 3 is 2.18 bits per heavy atom. The van der Waals surface area contributed by atoms with Crippen LogP contribution in [-0.2, 0) is 4.79 Å². The topological polar surface area (TPSA) is 69.1 Å². The largest absolute Gasteiger partial charge is 0.321 e. The molecule has 0 aliphatic carbocycles. The van der Waals surface area contributed by atoms with Gasteiger partial charge in [-0.3, -0.25) is 4.79 Å². The summed E-state index contributed by atoms with van der Waals surface area (Å²) in [6.45, 7) is 3.89. The summed E-state index contributed by atoms with van der Waals surface area (Å²) >= 11 is 0. The van der Waals surface area contributed by atoms with Crippen LogP contribution in [0.5, 0.6) is 0 Å². The smallest absolute Gasteiger partial charge is 0.166 e. The van der Waals surface area contributed by atoms with Crippen molar-refractivity contribution in [1.82, 2.24) is 0 Å². The van der Waals surface area contributed by atoms with Crippen LogP contribution in [0.1, 0.15) is 33.1 Å². The molecule has 2 unspecified atom stereocenters. The predicted molar refractivity (Wildman–Crippen MR) is 46.2 cm³/mol. The molecular formula is C8H18N2O. The van der Waals surface area contributed by atoms with Crippen LogP contribution in [0.4, 0.5) is 0 Å². The van der Waals surface area contributed by atoms with Gasteiger partial charge in [-0.15, -0.1) is 0 Å². The second kappa shape index (κ2) is 5.27. The van der Waals surface area contributed by atoms with E-state index in [9.17, 15) is 4.79 Å². The molecule has 0 heterocycles. The highest BCUT2D eigenvalue weighted by molar-refractivity contribution is 5.88. The van der Waals surface area contributed by atoms with Gasteiger partial charge in [-0.05, 0) is 12.8 Å². The van der Waals surface area contributed by atoms with Crippen molar-refractivity contribution in [2.45, 2.75) is 45.2 Å². The van der Waals surface area contributed by atoms with Crippen LogP contribution in [0.2, 0.25) is 0 Å². The molecule has 0 aliphatic rings. The van der Waals surface area contributed by atoms with Gasteiger partial charge in [-0.25, -0.2) is 0 Å². The normalized spacial score (nSPS) is 16.0. The van der Waals surface area contributed by atoms with E-state index in [0.717, 1.165) is 12.8 Å². The van der Waals surface area contributed by atoms with Gasteiger partial charge in [0.2, 0.25) is 0 Å². The lowest BCUT2D eigenvalue weighted by molar-refractivity contribution is -0.121. The van der Waals surface area contributed by atoms with Crippen LogP contribution in [0, 0.1) is 0 Å². The summed E-state index contributed by atoms with van der Waals surface area (Å²) < 4.78 is 0. The average molecular weight is 158 g/mol. The Bertz CT molecular complexity index is 125. The van der Waals surface area contributed by atoms with E-state index in [-0.39, 0.29) is 17.9 Å². The van der Waals surface area contributed by atoms with Crippen molar-refractivity contribution in [1.29, 1.82) is 0 Å². The number of hydrogen-bond donors (Lipinski definition) is 2. The first-order valence-electron chi connectivity index (χ1n) is 4.18. The SMILES string of the molecule is CCCC(N)C(=O)C(N)CC. The van der Waals surface area contributed by atoms with Crippen LogP contribution < -0.4 is 11.5 Å². The van der Waals surface area contributed by atoms with Gasteiger partial charge in [0, 0.05) is 0 Å². The lowest BCUT2D eigenvalue weighted by atomic mass is 10.0. The maximum atomic E-state index is 11.2. The molecule has 4 N–H and O–H groups in total. The Morgan fingerprint density at radius 1 is 1.27 bits per heavy atom. The highest BCUT2D eigenvalue weighted by atomic mass is 16.1. The number of nitrogens with two attached hydrogens (primary N) is 2. The summed E-state index contributed by atoms with van der Waals surface area (Å²) in [5.74, 6) is -0.00523. The number of rotatable bonds is 5. The maximum absolute atomic E-state index is 11.2. The molecule has 0 rings (SSSR count). The van der Waals surface area contributed by atoms with E-state index in [1.807, 2.05) is 13.8 Å².